The summed E-state index contributed by atoms with van der Waals surface area (Å²) >= 11 is 1.27. The van der Waals surface area contributed by atoms with Gasteiger partial charge >= 0.3 is 0 Å². The van der Waals surface area contributed by atoms with E-state index in [4.69, 9.17) is 5.73 Å². The average molecular weight is 288 g/mol. The van der Waals surface area contributed by atoms with Gasteiger partial charge in [0.2, 0.25) is 5.91 Å². The zero-order chi connectivity index (χ0) is 14.4. The molecule has 3 N–H and O–H groups in total. The minimum atomic E-state index is -0.0932. The van der Waals surface area contributed by atoms with Gasteiger partial charge in [-0.15, -0.1) is 0 Å². The molecule has 0 radical (unpaired) electrons. The molecular formula is C14H16N4OS. The maximum Gasteiger partial charge on any atom is 0.234 e. The van der Waals surface area contributed by atoms with Crippen molar-refractivity contribution in [1.29, 1.82) is 0 Å². The zero-order valence-corrected chi connectivity index (χ0v) is 12.0. The van der Waals surface area contributed by atoms with Crippen molar-refractivity contribution in [3.05, 3.63) is 42.2 Å². The Kier molecular flexibility index (Phi) is 4.95. The number of anilines is 2. The summed E-state index contributed by atoms with van der Waals surface area (Å²) in [7, 11) is 0. The molecule has 0 atom stereocenters. The predicted octanol–water partition coefficient (Wildman–Crippen LogP) is 2.35. The molecule has 0 aliphatic rings. The van der Waals surface area contributed by atoms with Crippen molar-refractivity contribution in [3.8, 4) is 0 Å². The number of nitrogens with one attached hydrogen (secondary N) is 1. The Labute approximate surface area is 122 Å². The standard InChI is InChI=1S/C14H16N4OS/c1-2-10-3-5-11(6-4-10)18-12(19)9-20-14-13(15)16-7-8-17-14/h3-8H,2,9H2,1H3,(H2,15,16)(H,18,19). The van der Waals surface area contributed by atoms with E-state index >= 15 is 0 Å². The van der Waals surface area contributed by atoms with Crippen LogP contribution in [0.2, 0.25) is 0 Å². The molecule has 2 aromatic rings. The lowest BCUT2D eigenvalue weighted by Crippen LogP contribution is -2.14. The zero-order valence-electron chi connectivity index (χ0n) is 11.2. The Morgan fingerprint density at radius 3 is 2.60 bits per heavy atom. The number of aromatic nitrogens is 2. The third kappa shape index (κ3) is 3.96. The molecule has 0 bridgehead atoms. The molecule has 2 rings (SSSR count). The normalized spacial score (nSPS) is 10.2. The number of carbonyl (C=O) groups excluding carboxylic acids is 1. The van der Waals surface area contributed by atoms with Gasteiger partial charge in [-0.1, -0.05) is 30.8 Å². The highest BCUT2D eigenvalue weighted by Gasteiger charge is 2.07. The van der Waals surface area contributed by atoms with Gasteiger partial charge in [0.1, 0.15) is 5.03 Å². The van der Waals surface area contributed by atoms with Gasteiger partial charge in [0, 0.05) is 18.1 Å². The quantitative estimate of drug-likeness (QED) is 0.825. The van der Waals surface area contributed by atoms with E-state index in [2.05, 4.69) is 22.2 Å². The minimum absolute atomic E-state index is 0.0932. The Morgan fingerprint density at radius 1 is 1.25 bits per heavy atom. The number of nitrogens with zero attached hydrogens (tertiary/aromatic N) is 2. The molecule has 104 valence electrons. The molecule has 0 aliphatic heterocycles. The second-order valence-electron chi connectivity index (χ2n) is 4.13. The maximum atomic E-state index is 11.8. The summed E-state index contributed by atoms with van der Waals surface area (Å²) in [5.74, 6) is 0.500. The molecule has 0 fully saturated rings. The molecule has 0 saturated heterocycles. The Balaban J connectivity index is 1.87. The van der Waals surface area contributed by atoms with E-state index in [0.29, 0.717) is 10.8 Å². The Morgan fingerprint density at radius 2 is 1.95 bits per heavy atom. The molecule has 1 amide bonds. The van der Waals surface area contributed by atoms with E-state index in [1.807, 2.05) is 24.3 Å². The van der Waals surface area contributed by atoms with Gasteiger partial charge in [0.25, 0.3) is 0 Å². The largest absolute Gasteiger partial charge is 0.381 e. The predicted molar refractivity (Wildman–Crippen MR) is 81.6 cm³/mol. The second kappa shape index (κ2) is 6.91. The van der Waals surface area contributed by atoms with Crippen LogP contribution in [0, 0.1) is 0 Å². The fraction of sp³-hybridized carbons (Fsp3) is 0.214. The summed E-state index contributed by atoms with van der Waals surface area (Å²) in [5.41, 5.74) is 7.70. The van der Waals surface area contributed by atoms with Crippen molar-refractivity contribution in [2.24, 2.45) is 0 Å². The van der Waals surface area contributed by atoms with E-state index in [1.165, 1.54) is 23.5 Å². The van der Waals surface area contributed by atoms with Gasteiger partial charge in [-0.3, -0.25) is 4.79 Å². The molecular weight excluding hydrogens is 272 g/mol. The van der Waals surface area contributed by atoms with Gasteiger partial charge in [0.05, 0.1) is 5.75 Å². The highest BCUT2D eigenvalue weighted by Crippen LogP contribution is 2.20. The number of hydrogen-bond acceptors (Lipinski definition) is 5. The average Bonchev–Trinajstić information content (AvgIpc) is 2.47. The van der Waals surface area contributed by atoms with Crippen LogP contribution in [0.25, 0.3) is 0 Å². The SMILES string of the molecule is CCc1ccc(NC(=O)CSc2nccnc2N)cc1. The lowest BCUT2D eigenvalue weighted by molar-refractivity contribution is -0.113. The van der Waals surface area contributed by atoms with E-state index in [1.54, 1.807) is 6.20 Å². The monoisotopic (exact) mass is 288 g/mol. The first-order valence-corrected chi connectivity index (χ1v) is 7.25. The summed E-state index contributed by atoms with van der Waals surface area (Å²) in [6.07, 6.45) is 4.06. The molecule has 0 aliphatic carbocycles. The smallest absolute Gasteiger partial charge is 0.234 e. The van der Waals surface area contributed by atoms with E-state index in [-0.39, 0.29) is 11.7 Å². The first-order chi connectivity index (χ1) is 9.69. The molecule has 1 aromatic heterocycles. The summed E-state index contributed by atoms with van der Waals surface area (Å²) in [6.45, 7) is 2.09. The first-order valence-electron chi connectivity index (χ1n) is 6.27. The van der Waals surface area contributed by atoms with Crippen LogP contribution >= 0.6 is 11.8 Å². The summed E-state index contributed by atoms with van der Waals surface area (Å²) < 4.78 is 0. The highest BCUT2D eigenvalue weighted by atomic mass is 32.2. The van der Waals surface area contributed by atoms with Crippen molar-refractivity contribution < 1.29 is 4.79 Å². The number of carbonyl (C=O) groups is 1. The van der Waals surface area contributed by atoms with Crippen LogP contribution in [0.1, 0.15) is 12.5 Å². The van der Waals surface area contributed by atoms with Gasteiger partial charge < -0.3 is 11.1 Å². The summed E-state index contributed by atoms with van der Waals surface area (Å²) in [4.78, 5) is 19.8. The Hall–Kier alpha value is -2.08. The third-order valence-corrected chi connectivity index (χ3v) is 3.67. The number of benzene rings is 1. The maximum absolute atomic E-state index is 11.8. The van der Waals surface area contributed by atoms with Crippen LogP contribution in [-0.4, -0.2) is 21.6 Å². The van der Waals surface area contributed by atoms with Crippen LogP contribution in [0.3, 0.4) is 0 Å². The number of nitrogens with two attached hydrogens (primary N) is 1. The number of nitrogen functional groups attached to an aromatic ring is 1. The molecule has 20 heavy (non-hydrogen) atoms. The van der Waals surface area contributed by atoms with Crippen LogP contribution < -0.4 is 11.1 Å². The number of aryl methyl sites for hydroxylation is 1. The molecule has 0 unspecified atom stereocenters. The molecule has 1 heterocycles. The highest BCUT2D eigenvalue weighted by molar-refractivity contribution is 8.00. The lowest BCUT2D eigenvalue weighted by Gasteiger charge is -2.06. The number of thioether (sulfide) groups is 1. The lowest BCUT2D eigenvalue weighted by atomic mass is 10.1. The number of rotatable bonds is 5. The topological polar surface area (TPSA) is 80.9 Å². The number of hydrogen-bond donors (Lipinski definition) is 2. The van der Waals surface area contributed by atoms with Crippen molar-refractivity contribution in [2.45, 2.75) is 18.4 Å². The van der Waals surface area contributed by atoms with Crippen molar-refractivity contribution in [1.82, 2.24) is 9.97 Å². The Bertz CT molecular complexity index is 586. The van der Waals surface area contributed by atoms with Crippen LogP contribution in [-0.2, 0) is 11.2 Å². The molecule has 5 nitrogen and oxygen atoms in total. The minimum Gasteiger partial charge on any atom is -0.381 e. The van der Waals surface area contributed by atoms with Crippen molar-refractivity contribution in [3.63, 3.8) is 0 Å². The van der Waals surface area contributed by atoms with E-state index < -0.39 is 0 Å². The van der Waals surface area contributed by atoms with Gasteiger partial charge in [0.15, 0.2) is 5.82 Å². The van der Waals surface area contributed by atoms with Gasteiger partial charge in [-0.25, -0.2) is 9.97 Å². The van der Waals surface area contributed by atoms with Crippen molar-refractivity contribution >= 4 is 29.2 Å². The fourth-order valence-electron chi connectivity index (χ4n) is 1.60. The van der Waals surface area contributed by atoms with Gasteiger partial charge in [-0.05, 0) is 24.1 Å². The summed E-state index contributed by atoms with van der Waals surface area (Å²) in [6, 6.07) is 7.81. The van der Waals surface area contributed by atoms with E-state index in [0.717, 1.165) is 12.1 Å². The number of amides is 1. The molecule has 0 spiro atoms. The second-order valence-corrected chi connectivity index (χ2v) is 5.10. The van der Waals surface area contributed by atoms with Gasteiger partial charge in [-0.2, -0.15) is 0 Å². The first kappa shape index (κ1) is 14.3. The van der Waals surface area contributed by atoms with Crippen LogP contribution in [0.15, 0.2) is 41.7 Å². The van der Waals surface area contributed by atoms with E-state index in [9.17, 15) is 4.79 Å². The third-order valence-electron chi connectivity index (χ3n) is 2.68. The molecule has 0 saturated carbocycles. The van der Waals surface area contributed by atoms with Crippen LogP contribution in [0.4, 0.5) is 11.5 Å². The van der Waals surface area contributed by atoms with Crippen LogP contribution in [0.5, 0.6) is 0 Å². The molecule has 6 heteroatoms. The fourth-order valence-corrected chi connectivity index (χ4v) is 2.28. The summed E-state index contributed by atoms with van der Waals surface area (Å²) in [5, 5.41) is 3.41. The van der Waals surface area contributed by atoms with Crippen molar-refractivity contribution in [2.75, 3.05) is 16.8 Å². The molecule has 1 aromatic carbocycles.